The highest BCUT2D eigenvalue weighted by Crippen LogP contribution is 2.35. The summed E-state index contributed by atoms with van der Waals surface area (Å²) in [4.78, 5) is 38.4. The fourth-order valence-electron chi connectivity index (χ4n) is 4.02. The van der Waals surface area contributed by atoms with E-state index in [0.29, 0.717) is 9.25 Å². The van der Waals surface area contributed by atoms with E-state index in [-0.39, 0.29) is 23.0 Å². The Morgan fingerprint density at radius 3 is 2.24 bits per heavy atom. The lowest BCUT2D eigenvalue weighted by Crippen LogP contribution is -2.43. The van der Waals surface area contributed by atoms with Gasteiger partial charge in [-0.15, -0.1) is 5.10 Å². The second-order valence-corrected chi connectivity index (χ2v) is 9.40. The number of alkyl halides is 6. The molecule has 1 aromatic heterocycles. The van der Waals surface area contributed by atoms with E-state index in [2.05, 4.69) is 10.4 Å². The zero-order chi connectivity index (χ0) is 31.4. The largest absolute Gasteiger partial charge is 0.465 e. The average molecular weight is 624 g/mol. The Hall–Kier alpha value is -4.05. The normalized spacial score (nSPS) is 13.5. The number of hydrogen-bond donors (Lipinski definition) is 3. The predicted molar refractivity (Wildman–Crippen MR) is 137 cm³/mol. The highest BCUT2D eigenvalue weighted by Gasteiger charge is 2.40. The number of halogens is 7. The molecule has 0 bridgehead atoms. The van der Waals surface area contributed by atoms with Gasteiger partial charge < -0.3 is 20.4 Å². The molecule has 0 aliphatic rings. The molecular weight excluding hydrogens is 600 g/mol. The van der Waals surface area contributed by atoms with Crippen LogP contribution in [-0.2, 0) is 24.1 Å². The average Bonchev–Trinajstić information content (AvgIpc) is 3.20. The van der Waals surface area contributed by atoms with Crippen LogP contribution < -0.4 is 11.0 Å². The quantitative estimate of drug-likeness (QED) is 0.291. The molecule has 0 aliphatic heterocycles. The minimum Gasteiger partial charge on any atom is -0.465 e. The Morgan fingerprint density at radius 2 is 1.69 bits per heavy atom. The molecule has 0 saturated carbocycles. The second kappa shape index (κ2) is 12.9. The van der Waals surface area contributed by atoms with E-state index < -0.39 is 72.9 Å². The van der Waals surface area contributed by atoms with E-state index in [1.807, 2.05) is 0 Å². The van der Waals surface area contributed by atoms with Crippen LogP contribution in [0, 0.1) is 0 Å². The van der Waals surface area contributed by atoms with Gasteiger partial charge in [-0.3, -0.25) is 9.36 Å². The van der Waals surface area contributed by atoms with Crippen molar-refractivity contribution in [2.75, 3.05) is 13.1 Å². The molecule has 3 aromatic rings. The molecule has 0 radical (unpaired) electrons. The van der Waals surface area contributed by atoms with Crippen molar-refractivity contribution in [1.82, 2.24) is 24.6 Å². The van der Waals surface area contributed by atoms with Crippen molar-refractivity contribution < 1.29 is 46.1 Å². The smallest absolute Gasteiger partial charge is 0.416 e. The number of carbonyl (C=O) groups is 2. The molecular formula is C25H24ClF6N5O5. The van der Waals surface area contributed by atoms with Crippen molar-refractivity contribution >= 4 is 23.6 Å². The lowest BCUT2D eigenvalue weighted by atomic mass is 9.99. The highest BCUT2D eigenvalue weighted by atomic mass is 35.5. The molecule has 3 rings (SSSR count). The van der Waals surface area contributed by atoms with Gasteiger partial charge in [-0.2, -0.15) is 26.3 Å². The molecule has 3 N–H and O–H groups in total. The first-order valence-corrected chi connectivity index (χ1v) is 12.5. The van der Waals surface area contributed by atoms with Gasteiger partial charge in [0.1, 0.15) is 6.54 Å². The summed E-state index contributed by atoms with van der Waals surface area (Å²) in [6.07, 6.45) is -14.4. The number of rotatable bonds is 10. The number of nitrogens with one attached hydrogen (secondary N) is 1. The number of amides is 2. The van der Waals surface area contributed by atoms with Gasteiger partial charge in [0.2, 0.25) is 5.91 Å². The third-order valence-electron chi connectivity index (χ3n) is 6.08. The van der Waals surface area contributed by atoms with E-state index in [1.165, 1.54) is 37.3 Å². The van der Waals surface area contributed by atoms with Gasteiger partial charge in [-0.05, 0) is 42.8 Å². The molecule has 228 valence electrons. The second-order valence-electron chi connectivity index (χ2n) is 8.97. The van der Waals surface area contributed by atoms with Gasteiger partial charge >= 0.3 is 24.1 Å². The standard InChI is InChI=1S/C25H24ClF6N5O5/c1-2-35(23(41)42)11-18(16-5-3-4-6-17(16)24(27,28)29)33-20(39)13-37-22(40)36(12-19(38)25(30,31)32)21(34-37)14-7-9-15(26)10-8-14/h3-10,18-19,38H,2,11-13H2,1H3,(H,33,39)(H,41,42)/t18?,19-/m0/s1. The predicted octanol–water partition coefficient (Wildman–Crippen LogP) is 4.16. The fraction of sp³-hybridized carbons (Fsp3) is 0.360. The van der Waals surface area contributed by atoms with Crippen molar-refractivity contribution in [3.8, 4) is 11.4 Å². The number of benzene rings is 2. The van der Waals surface area contributed by atoms with E-state index in [1.54, 1.807) is 0 Å². The van der Waals surface area contributed by atoms with Crippen molar-refractivity contribution in [3.63, 3.8) is 0 Å². The van der Waals surface area contributed by atoms with Crippen LogP contribution in [0.1, 0.15) is 24.1 Å². The number of carbonyl (C=O) groups excluding carboxylic acids is 1. The maximum absolute atomic E-state index is 13.7. The number of nitrogens with zero attached hydrogens (tertiary/aromatic N) is 4. The van der Waals surface area contributed by atoms with Gasteiger partial charge in [0.25, 0.3) is 0 Å². The lowest BCUT2D eigenvalue weighted by Gasteiger charge is -2.27. The monoisotopic (exact) mass is 623 g/mol. The van der Waals surface area contributed by atoms with Crippen LogP contribution in [0.4, 0.5) is 31.1 Å². The number of aromatic nitrogens is 3. The molecule has 1 unspecified atom stereocenters. The fourth-order valence-corrected chi connectivity index (χ4v) is 4.14. The molecule has 2 atom stereocenters. The summed E-state index contributed by atoms with van der Waals surface area (Å²) < 4.78 is 81.4. The van der Waals surface area contributed by atoms with Gasteiger partial charge in [0.05, 0.1) is 18.2 Å². The van der Waals surface area contributed by atoms with Gasteiger partial charge in [-0.25, -0.2) is 14.3 Å². The summed E-state index contributed by atoms with van der Waals surface area (Å²) in [5.41, 5.74) is -2.70. The van der Waals surface area contributed by atoms with Crippen LogP contribution in [0.25, 0.3) is 11.4 Å². The number of aliphatic hydroxyl groups excluding tert-OH is 1. The molecule has 0 spiro atoms. The summed E-state index contributed by atoms with van der Waals surface area (Å²) in [5.74, 6) is -1.45. The number of hydrogen-bond acceptors (Lipinski definition) is 5. The third kappa shape index (κ3) is 7.82. The lowest BCUT2D eigenvalue weighted by molar-refractivity contribution is -0.207. The number of likely N-dealkylation sites (N-methyl/N-ethyl adjacent to an activating group) is 1. The molecule has 2 aromatic carbocycles. The van der Waals surface area contributed by atoms with E-state index >= 15 is 0 Å². The first-order chi connectivity index (χ1) is 19.5. The zero-order valence-corrected chi connectivity index (χ0v) is 22.4. The Morgan fingerprint density at radius 1 is 1.07 bits per heavy atom. The first kappa shape index (κ1) is 32.5. The van der Waals surface area contributed by atoms with Crippen molar-refractivity contribution in [2.45, 2.75) is 44.5 Å². The number of carboxylic acid groups (broad SMARTS) is 1. The van der Waals surface area contributed by atoms with E-state index in [9.17, 15) is 50.9 Å². The molecule has 1 heterocycles. The maximum Gasteiger partial charge on any atom is 0.416 e. The van der Waals surface area contributed by atoms with Gasteiger partial charge in [0, 0.05) is 23.7 Å². The van der Waals surface area contributed by atoms with Crippen molar-refractivity contribution in [2.24, 2.45) is 0 Å². The first-order valence-electron chi connectivity index (χ1n) is 12.1. The third-order valence-corrected chi connectivity index (χ3v) is 6.34. The van der Waals surface area contributed by atoms with Crippen LogP contribution in [0.2, 0.25) is 5.02 Å². The molecule has 0 aliphatic carbocycles. The van der Waals surface area contributed by atoms with Crippen LogP contribution in [0.15, 0.2) is 53.3 Å². The highest BCUT2D eigenvalue weighted by molar-refractivity contribution is 6.30. The topological polar surface area (TPSA) is 130 Å². The summed E-state index contributed by atoms with van der Waals surface area (Å²) >= 11 is 5.85. The van der Waals surface area contributed by atoms with Crippen LogP contribution >= 0.6 is 11.6 Å². The molecule has 2 amide bonds. The molecule has 17 heteroatoms. The summed E-state index contributed by atoms with van der Waals surface area (Å²) in [6.45, 7) is -1.53. The summed E-state index contributed by atoms with van der Waals surface area (Å²) in [5, 5.41) is 25.5. The summed E-state index contributed by atoms with van der Waals surface area (Å²) in [6, 6.07) is 8.04. The van der Waals surface area contributed by atoms with Crippen molar-refractivity contribution in [1.29, 1.82) is 0 Å². The molecule has 0 fully saturated rings. The Balaban J connectivity index is 2.00. The molecule has 10 nitrogen and oxygen atoms in total. The van der Waals surface area contributed by atoms with E-state index in [0.717, 1.165) is 23.1 Å². The maximum atomic E-state index is 13.7. The zero-order valence-electron chi connectivity index (χ0n) is 21.7. The summed E-state index contributed by atoms with van der Waals surface area (Å²) in [7, 11) is 0. The van der Waals surface area contributed by atoms with Crippen LogP contribution in [-0.4, -0.2) is 66.8 Å². The minimum atomic E-state index is -5.09. The molecule has 0 saturated heterocycles. The van der Waals surface area contributed by atoms with Gasteiger partial charge in [-0.1, -0.05) is 29.8 Å². The van der Waals surface area contributed by atoms with Crippen LogP contribution in [0.3, 0.4) is 0 Å². The Kier molecular flexibility index (Phi) is 9.94. The Labute approximate surface area is 238 Å². The van der Waals surface area contributed by atoms with Gasteiger partial charge in [0.15, 0.2) is 11.9 Å². The van der Waals surface area contributed by atoms with E-state index in [4.69, 9.17) is 11.6 Å². The minimum absolute atomic E-state index is 0.113. The Bertz CT molecular complexity index is 1470. The number of aliphatic hydroxyl groups is 1. The molecule has 42 heavy (non-hydrogen) atoms. The van der Waals surface area contributed by atoms with Crippen molar-refractivity contribution in [3.05, 3.63) is 75.2 Å². The SMILES string of the molecule is CCN(CC(NC(=O)Cn1nc(-c2ccc(Cl)cc2)n(C[C@H](O)C(F)(F)F)c1=O)c1ccccc1C(F)(F)F)C(=O)O. The van der Waals surface area contributed by atoms with Crippen LogP contribution in [0.5, 0.6) is 0 Å².